The normalized spacial score (nSPS) is 14.5. The number of carbonyl (C=O) groups is 1. The van der Waals surface area contributed by atoms with Crippen molar-refractivity contribution in [2.24, 2.45) is 0 Å². The van der Waals surface area contributed by atoms with Crippen LogP contribution in [0.4, 0.5) is 11.4 Å². The molecule has 4 heteroatoms. The topological polar surface area (TPSA) is 41.1 Å². The van der Waals surface area contributed by atoms with Gasteiger partial charge in [-0.25, -0.2) is 0 Å². The molecule has 1 aliphatic rings. The van der Waals surface area contributed by atoms with Gasteiger partial charge in [0.1, 0.15) is 0 Å². The molecule has 1 aliphatic heterocycles. The lowest BCUT2D eigenvalue weighted by Crippen LogP contribution is -2.09. The Morgan fingerprint density at radius 1 is 1.24 bits per heavy atom. The summed E-state index contributed by atoms with van der Waals surface area (Å²) in [6, 6.07) is 14.7. The molecule has 108 valence electrons. The molecule has 0 fully saturated rings. The van der Waals surface area contributed by atoms with E-state index >= 15 is 0 Å². The number of hydrogen-bond acceptors (Lipinski definition) is 2. The van der Waals surface area contributed by atoms with Crippen molar-refractivity contribution in [1.29, 1.82) is 0 Å². The van der Waals surface area contributed by atoms with E-state index in [9.17, 15) is 4.79 Å². The van der Waals surface area contributed by atoms with Crippen LogP contribution in [0.2, 0.25) is 0 Å². The van der Waals surface area contributed by atoms with Gasteiger partial charge in [-0.1, -0.05) is 35.0 Å². The highest BCUT2D eigenvalue weighted by Gasteiger charge is 2.18. The van der Waals surface area contributed by atoms with E-state index in [4.69, 9.17) is 0 Å². The highest BCUT2D eigenvalue weighted by Crippen LogP contribution is 2.29. The maximum Gasteiger partial charge on any atom is 0.228 e. The Morgan fingerprint density at radius 2 is 2.00 bits per heavy atom. The number of benzene rings is 2. The van der Waals surface area contributed by atoms with Crippen LogP contribution in [0.1, 0.15) is 30.5 Å². The Balaban J connectivity index is 1.80. The summed E-state index contributed by atoms with van der Waals surface area (Å²) in [6.07, 6.45) is 1.47. The number of nitrogens with one attached hydrogen (secondary N) is 2. The van der Waals surface area contributed by atoms with Gasteiger partial charge in [0.2, 0.25) is 5.91 Å². The van der Waals surface area contributed by atoms with Crippen molar-refractivity contribution in [1.82, 2.24) is 0 Å². The second-order valence-electron chi connectivity index (χ2n) is 5.25. The molecule has 21 heavy (non-hydrogen) atoms. The lowest BCUT2D eigenvalue weighted by atomic mass is 10.0. The van der Waals surface area contributed by atoms with Gasteiger partial charge >= 0.3 is 0 Å². The zero-order chi connectivity index (χ0) is 14.8. The third kappa shape index (κ3) is 3.10. The summed E-state index contributed by atoms with van der Waals surface area (Å²) in [5, 5.41) is 6.41. The summed E-state index contributed by atoms with van der Waals surface area (Å²) in [7, 11) is 0. The molecule has 0 aliphatic carbocycles. The second-order valence-corrected chi connectivity index (χ2v) is 6.17. The number of fused-ring (bicyclic) bond motifs is 1. The molecule has 2 aromatic rings. The highest BCUT2D eigenvalue weighted by atomic mass is 79.9. The summed E-state index contributed by atoms with van der Waals surface area (Å²) in [5.41, 5.74) is 4.31. The smallest absolute Gasteiger partial charge is 0.228 e. The monoisotopic (exact) mass is 344 g/mol. The molecule has 0 saturated carbocycles. The largest absolute Gasteiger partial charge is 0.378 e. The fraction of sp³-hybridized carbons (Fsp3) is 0.235. The van der Waals surface area contributed by atoms with Gasteiger partial charge in [0, 0.05) is 15.8 Å². The van der Waals surface area contributed by atoms with Crippen LogP contribution in [0.25, 0.3) is 0 Å². The zero-order valence-electron chi connectivity index (χ0n) is 11.8. The van der Waals surface area contributed by atoms with E-state index in [2.05, 4.69) is 63.8 Å². The zero-order valence-corrected chi connectivity index (χ0v) is 13.4. The van der Waals surface area contributed by atoms with Gasteiger partial charge in [-0.3, -0.25) is 4.79 Å². The fourth-order valence-corrected chi connectivity index (χ4v) is 2.90. The quantitative estimate of drug-likeness (QED) is 0.856. The van der Waals surface area contributed by atoms with Crippen molar-refractivity contribution < 1.29 is 4.79 Å². The molecule has 0 radical (unpaired) electrons. The molecule has 2 aromatic carbocycles. The summed E-state index contributed by atoms with van der Waals surface area (Å²) >= 11 is 3.46. The number of hydrogen-bond donors (Lipinski definition) is 2. The Kier molecular flexibility index (Phi) is 3.97. The predicted molar refractivity (Wildman–Crippen MR) is 89.6 cm³/mol. The maximum absolute atomic E-state index is 11.4. The van der Waals surface area contributed by atoms with Crippen LogP contribution in [0.5, 0.6) is 0 Å². The van der Waals surface area contributed by atoms with Gasteiger partial charge in [0.05, 0.1) is 12.5 Å². The molecule has 1 amide bonds. The van der Waals surface area contributed by atoms with E-state index < -0.39 is 0 Å². The van der Waals surface area contributed by atoms with Crippen molar-refractivity contribution in [3.63, 3.8) is 0 Å². The Bertz CT molecular complexity index is 667. The maximum atomic E-state index is 11.4. The van der Waals surface area contributed by atoms with E-state index in [1.807, 2.05) is 12.1 Å². The third-order valence-electron chi connectivity index (χ3n) is 3.75. The molecule has 0 spiro atoms. The molecule has 3 rings (SSSR count). The molecule has 0 bridgehead atoms. The van der Waals surface area contributed by atoms with Gasteiger partial charge in [0.15, 0.2) is 0 Å². The van der Waals surface area contributed by atoms with Crippen molar-refractivity contribution in [3.8, 4) is 0 Å². The van der Waals surface area contributed by atoms with Gasteiger partial charge < -0.3 is 10.6 Å². The first-order valence-electron chi connectivity index (χ1n) is 7.10. The molecular formula is C17H17BrN2O. The molecule has 1 atom stereocenters. The van der Waals surface area contributed by atoms with Crippen molar-refractivity contribution >= 4 is 33.2 Å². The predicted octanol–water partition coefficient (Wildman–Crippen LogP) is 4.51. The summed E-state index contributed by atoms with van der Waals surface area (Å²) in [5.74, 6) is 0.0714. The second kappa shape index (κ2) is 5.90. The Morgan fingerprint density at radius 3 is 2.71 bits per heavy atom. The standard InChI is InChI=1S/C17H17BrN2O/c1-2-15(11-3-5-13(18)6-4-11)19-14-7-8-16-12(9-14)10-17(21)20-16/h3-9,15,19H,2,10H2,1H3,(H,20,21)/t15-/m1/s1. The molecule has 0 aromatic heterocycles. The van der Waals surface area contributed by atoms with E-state index in [0.29, 0.717) is 6.42 Å². The van der Waals surface area contributed by atoms with Gasteiger partial charge in [-0.15, -0.1) is 0 Å². The first-order chi connectivity index (χ1) is 10.2. The van der Waals surface area contributed by atoms with E-state index in [1.165, 1.54) is 5.56 Å². The highest BCUT2D eigenvalue weighted by molar-refractivity contribution is 9.10. The lowest BCUT2D eigenvalue weighted by molar-refractivity contribution is -0.115. The average Bonchev–Trinajstić information content (AvgIpc) is 2.85. The van der Waals surface area contributed by atoms with Crippen LogP contribution in [0.15, 0.2) is 46.9 Å². The Labute approximate surface area is 132 Å². The minimum atomic E-state index is 0.0714. The first kappa shape index (κ1) is 14.1. The van der Waals surface area contributed by atoms with E-state index in [-0.39, 0.29) is 11.9 Å². The van der Waals surface area contributed by atoms with Crippen LogP contribution in [0.3, 0.4) is 0 Å². The van der Waals surface area contributed by atoms with Gasteiger partial charge in [-0.2, -0.15) is 0 Å². The molecule has 0 unspecified atom stereocenters. The average molecular weight is 345 g/mol. The fourth-order valence-electron chi connectivity index (χ4n) is 2.64. The number of carbonyl (C=O) groups excluding carboxylic acids is 1. The SMILES string of the molecule is CC[C@@H](Nc1ccc2c(c1)CC(=O)N2)c1ccc(Br)cc1. The van der Waals surface area contributed by atoms with Crippen LogP contribution in [0, 0.1) is 0 Å². The summed E-state index contributed by atoms with van der Waals surface area (Å²) in [4.78, 5) is 11.4. The van der Waals surface area contributed by atoms with Crippen molar-refractivity contribution in [2.45, 2.75) is 25.8 Å². The minimum Gasteiger partial charge on any atom is -0.378 e. The van der Waals surface area contributed by atoms with Crippen LogP contribution in [-0.2, 0) is 11.2 Å². The third-order valence-corrected chi connectivity index (χ3v) is 4.28. The molecular weight excluding hydrogens is 328 g/mol. The molecule has 2 N–H and O–H groups in total. The first-order valence-corrected chi connectivity index (χ1v) is 7.90. The van der Waals surface area contributed by atoms with E-state index in [0.717, 1.165) is 27.8 Å². The molecule has 3 nitrogen and oxygen atoms in total. The van der Waals surface area contributed by atoms with Crippen LogP contribution >= 0.6 is 15.9 Å². The Hall–Kier alpha value is -1.81. The summed E-state index contributed by atoms with van der Waals surface area (Å²) < 4.78 is 1.09. The summed E-state index contributed by atoms with van der Waals surface area (Å²) in [6.45, 7) is 2.16. The van der Waals surface area contributed by atoms with Crippen molar-refractivity contribution in [2.75, 3.05) is 10.6 Å². The minimum absolute atomic E-state index is 0.0714. The number of rotatable bonds is 4. The van der Waals surface area contributed by atoms with Crippen LogP contribution in [-0.4, -0.2) is 5.91 Å². The van der Waals surface area contributed by atoms with Crippen molar-refractivity contribution in [3.05, 3.63) is 58.1 Å². The lowest BCUT2D eigenvalue weighted by Gasteiger charge is -2.19. The molecule has 1 heterocycles. The number of anilines is 2. The number of amides is 1. The van der Waals surface area contributed by atoms with Gasteiger partial charge in [0.25, 0.3) is 0 Å². The van der Waals surface area contributed by atoms with Crippen LogP contribution < -0.4 is 10.6 Å². The number of halogens is 1. The van der Waals surface area contributed by atoms with E-state index in [1.54, 1.807) is 0 Å². The van der Waals surface area contributed by atoms with Gasteiger partial charge in [-0.05, 0) is 47.9 Å². The molecule has 0 saturated heterocycles.